The molecule has 0 spiro atoms. The average Bonchev–Trinajstić information content (AvgIpc) is 2.30. The van der Waals surface area contributed by atoms with E-state index in [0.717, 1.165) is 13.0 Å². The predicted molar refractivity (Wildman–Crippen MR) is 59.9 cm³/mol. The fourth-order valence-corrected chi connectivity index (χ4v) is 1.96. The Morgan fingerprint density at radius 2 is 2.19 bits per heavy atom. The van der Waals surface area contributed by atoms with E-state index in [1.54, 1.807) is 0 Å². The molecule has 1 saturated heterocycles. The first-order valence-corrected chi connectivity index (χ1v) is 5.66. The van der Waals surface area contributed by atoms with Crippen molar-refractivity contribution in [3.63, 3.8) is 0 Å². The summed E-state index contributed by atoms with van der Waals surface area (Å²) in [6.07, 6.45) is 2.00. The zero-order valence-corrected chi connectivity index (χ0v) is 10.2. The van der Waals surface area contributed by atoms with Crippen LogP contribution in [0, 0.1) is 0 Å². The van der Waals surface area contributed by atoms with Crippen LogP contribution in [-0.4, -0.2) is 49.6 Å². The number of hydrogen-bond donors (Lipinski definition) is 1. The Hall–Kier alpha value is -1.10. The normalized spacial score (nSPS) is 26.2. The summed E-state index contributed by atoms with van der Waals surface area (Å²) < 4.78 is 4.75. The van der Waals surface area contributed by atoms with Gasteiger partial charge in [-0.15, -0.1) is 0 Å². The first-order valence-electron chi connectivity index (χ1n) is 5.66. The van der Waals surface area contributed by atoms with Gasteiger partial charge >= 0.3 is 5.97 Å². The monoisotopic (exact) mass is 228 g/mol. The van der Waals surface area contributed by atoms with Crippen molar-refractivity contribution in [2.45, 2.75) is 38.3 Å². The van der Waals surface area contributed by atoms with Crippen molar-refractivity contribution in [1.29, 1.82) is 0 Å². The van der Waals surface area contributed by atoms with Crippen LogP contribution in [0.1, 0.15) is 26.2 Å². The lowest BCUT2D eigenvalue weighted by molar-refractivity contribution is -0.148. The van der Waals surface area contributed by atoms with Gasteiger partial charge < -0.3 is 10.1 Å². The lowest BCUT2D eigenvalue weighted by atomic mass is 9.97. The molecule has 16 heavy (non-hydrogen) atoms. The molecule has 0 bridgehead atoms. The summed E-state index contributed by atoms with van der Waals surface area (Å²) in [6.45, 7) is 2.62. The van der Waals surface area contributed by atoms with E-state index in [-0.39, 0.29) is 24.0 Å². The van der Waals surface area contributed by atoms with Crippen LogP contribution < -0.4 is 5.32 Å². The summed E-state index contributed by atoms with van der Waals surface area (Å²) >= 11 is 0. The molecule has 1 N–H and O–H groups in total. The maximum absolute atomic E-state index is 11.5. The van der Waals surface area contributed by atoms with Gasteiger partial charge in [0.2, 0.25) is 5.91 Å². The third-order valence-electron chi connectivity index (χ3n) is 3.03. The second-order valence-corrected chi connectivity index (χ2v) is 4.16. The molecule has 0 aromatic rings. The number of amides is 1. The molecular formula is C11H20N2O3. The summed E-state index contributed by atoms with van der Waals surface area (Å²) in [6, 6.07) is -0.145. The zero-order valence-electron chi connectivity index (χ0n) is 10.2. The van der Waals surface area contributed by atoms with Crippen molar-refractivity contribution in [1.82, 2.24) is 10.2 Å². The molecule has 1 amide bonds. The van der Waals surface area contributed by atoms with Crippen LogP contribution >= 0.6 is 0 Å². The number of carbonyl (C=O) groups excluding carboxylic acids is 2. The first-order chi connectivity index (χ1) is 7.58. The van der Waals surface area contributed by atoms with Gasteiger partial charge in [0.05, 0.1) is 7.11 Å². The van der Waals surface area contributed by atoms with Gasteiger partial charge in [0.15, 0.2) is 0 Å². The number of methoxy groups -OCH3 is 1. The highest BCUT2D eigenvalue weighted by atomic mass is 16.5. The molecule has 2 atom stereocenters. The highest BCUT2D eigenvalue weighted by Crippen LogP contribution is 2.17. The molecule has 0 aromatic carbocycles. The highest BCUT2D eigenvalue weighted by Gasteiger charge is 2.32. The maximum Gasteiger partial charge on any atom is 0.323 e. The minimum atomic E-state index is -0.235. The predicted octanol–water partition coefficient (Wildman–Crippen LogP) is 0.148. The topological polar surface area (TPSA) is 58.6 Å². The summed E-state index contributed by atoms with van der Waals surface area (Å²) in [5.41, 5.74) is 0. The molecular weight excluding hydrogens is 208 g/mol. The van der Waals surface area contributed by atoms with Crippen molar-refractivity contribution in [2.24, 2.45) is 0 Å². The SMILES string of the molecule is CCC(=O)NC1CCN(C)C(C(=O)OC)C1. The molecule has 1 rings (SSSR count). The Balaban J connectivity index is 2.53. The number of ether oxygens (including phenoxy) is 1. The van der Waals surface area contributed by atoms with Gasteiger partial charge in [-0.3, -0.25) is 14.5 Å². The Morgan fingerprint density at radius 1 is 1.50 bits per heavy atom. The van der Waals surface area contributed by atoms with E-state index in [1.807, 2.05) is 18.9 Å². The second-order valence-electron chi connectivity index (χ2n) is 4.16. The van der Waals surface area contributed by atoms with E-state index < -0.39 is 0 Å². The standard InChI is InChI=1S/C11H20N2O3/c1-4-10(14)12-8-5-6-13(2)9(7-8)11(15)16-3/h8-9H,4-7H2,1-3H3,(H,12,14). The quantitative estimate of drug-likeness (QED) is 0.698. The first kappa shape index (κ1) is 13.0. The summed E-state index contributed by atoms with van der Waals surface area (Å²) in [4.78, 5) is 24.7. The van der Waals surface area contributed by atoms with Gasteiger partial charge in [-0.05, 0) is 19.9 Å². The Morgan fingerprint density at radius 3 is 2.75 bits per heavy atom. The third kappa shape index (κ3) is 3.20. The van der Waals surface area contributed by atoms with Crippen LogP contribution in [0.5, 0.6) is 0 Å². The Bertz CT molecular complexity index is 268. The second kappa shape index (κ2) is 5.84. The Kier molecular flexibility index (Phi) is 4.73. The van der Waals surface area contributed by atoms with Gasteiger partial charge in [-0.25, -0.2) is 0 Å². The molecule has 1 aliphatic rings. The lowest BCUT2D eigenvalue weighted by Gasteiger charge is -2.35. The van der Waals surface area contributed by atoms with E-state index in [1.165, 1.54) is 7.11 Å². The maximum atomic E-state index is 11.5. The molecule has 1 aliphatic heterocycles. The number of likely N-dealkylation sites (N-methyl/N-ethyl adjacent to an activating group) is 1. The lowest BCUT2D eigenvalue weighted by Crippen LogP contribution is -2.51. The number of hydrogen-bond acceptors (Lipinski definition) is 4. The Labute approximate surface area is 96.1 Å². The van der Waals surface area contributed by atoms with E-state index in [0.29, 0.717) is 12.8 Å². The highest BCUT2D eigenvalue weighted by molar-refractivity contribution is 5.77. The molecule has 92 valence electrons. The largest absolute Gasteiger partial charge is 0.468 e. The summed E-state index contributed by atoms with van der Waals surface area (Å²) in [5, 5.41) is 2.92. The molecule has 2 unspecified atom stereocenters. The summed E-state index contributed by atoms with van der Waals surface area (Å²) in [5.74, 6) is -0.184. The van der Waals surface area contributed by atoms with Crippen LogP contribution in [0.2, 0.25) is 0 Å². The third-order valence-corrected chi connectivity index (χ3v) is 3.03. The van der Waals surface area contributed by atoms with Crippen molar-refractivity contribution < 1.29 is 14.3 Å². The number of nitrogens with zero attached hydrogens (tertiary/aromatic N) is 1. The number of carbonyl (C=O) groups is 2. The zero-order chi connectivity index (χ0) is 12.1. The van der Waals surface area contributed by atoms with Gasteiger partial charge in [-0.2, -0.15) is 0 Å². The van der Waals surface area contributed by atoms with Crippen LogP contribution in [0.4, 0.5) is 0 Å². The van der Waals surface area contributed by atoms with Gasteiger partial charge in [-0.1, -0.05) is 6.92 Å². The minimum Gasteiger partial charge on any atom is -0.468 e. The molecule has 0 saturated carbocycles. The van der Waals surface area contributed by atoms with Crippen molar-refractivity contribution in [3.8, 4) is 0 Å². The number of rotatable bonds is 3. The van der Waals surface area contributed by atoms with Crippen LogP contribution in [0.3, 0.4) is 0 Å². The number of likely N-dealkylation sites (tertiary alicyclic amines) is 1. The average molecular weight is 228 g/mol. The van der Waals surface area contributed by atoms with Gasteiger partial charge in [0, 0.05) is 19.0 Å². The molecule has 0 aromatic heterocycles. The van der Waals surface area contributed by atoms with Gasteiger partial charge in [0.1, 0.15) is 6.04 Å². The summed E-state index contributed by atoms with van der Waals surface area (Å²) in [7, 11) is 3.30. The molecule has 0 radical (unpaired) electrons. The number of esters is 1. The number of piperidine rings is 1. The molecule has 5 heteroatoms. The fraction of sp³-hybridized carbons (Fsp3) is 0.818. The van der Waals surface area contributed by atoms with E-state index in [4.69, 9.17) is 4.74 Å². The number of nitrogens with one attached hydrogen (secondary N) is 1. The molecule has 1 heterocycles. The fourth-order valence-electron chi connectivity index (χ4n) is 1.96. The van der Waals surface area contributed by atoms with Crippen LogP contribution in [0.25, 0.3) is 0 Å². The van der Waals surface area contributed by atoms with E-state index in [2.05, 4.69) is 5.32 Å². The van der Waals surface area contributed by atoms with Crippen LogP contribution in [-0.2, 0) is 14.3 Å². The molecule has 1 fully saturated rings. The van der Waals surface area contributed by atoms with Crippen LogP contribution in [0.15, 0.2) is 0 Å². The van der Waals surface area contributed by atoms with Crippen molar-refractivity contribution >= 4 is 11.9 Å². The van der Waals surface area contributed by atoms with Crippen molar-refractivity contribution in [2.75, 3.05) is 20.7 Å². The molecule has 0 aliphatic carbocycles. The van der Waals surface area contributed by atoms with Gasteiger partial charge in [0.25, 0.3) is 0 Å². The van der Waals surface area contributed by atoms with E-state index >= 15 is 0 Å². The molecule has 5 nitrogen and oxygen atoms in total. The van der Waals surface area contributed by atoms with Crippen molar-refractivity contribution in [3.05, 3.63) is 0 Å². The minimum absolute atomic E-state index is 0.0400. The van der Waals surface area contributed by atoms with E-state index in [9.17, 15) is 9.59 Å². The smallest absolute Gasteiger partial charge is 0.323 e.